The van der Waals surface area contributed by atoms with Crippen LogP contribution in [0, 0.1) is 5.82 Å². The summed E-state index contributed by atoms with van der Waals surface area (Å²) in [6, 6.07) is 15.5. The topological polar surface area (TPSA) is 21.3 Å². The van der Waals surface area contributed by atoms with E-state index in [4.69, 9.17) is 4.74 Å². The Morgan fingerprint density at radius 3 is 2.81 bits per heavy atom. The molecule has 110 valence electrons. The first-order chi connectivity index (χ1) is 10.3. The Labute approximate surface area is 125 Å². The van der Waals surface area contributed by atoms with Gasteiger partial charge in [-0.25, -0.2) is 4.39 Å². The monoisotopic (exact) mass is 285 g/mol. The Morgan fingerprint density at radius 2 is 2.05 bits per heavy atom. The number of ether oxygens (including phenoxy) is 1. The predicted molar refractivity (Wildman–Crippen MR) is 82.0 cm³/mol. The van der Waals surface area contributed by atoms with Gasteiger partial charge in [0.1, 0.15) is 17.7 Å². The van der Waals surface area contributed by atoms with Gasteiger partial charge in [0.2, 0.25) is 0 Å². The highest BCUT2D eigenvalue weighted by Gasteiger charge is 2.23. The van der Waals surface area contributed by atoms with E-state index in [0.717, 1.165) is 30.7 Å². The average Bonchev–Trinajstić information content (AvgIpc) is 2.91. The summed E-state index contributed by atoms with van der Waals surface area (Å²) in [7, 11) is 0. The Morgan fingerprint density at radius 1 is 1.24 bits per heavy atom. The lowest BCUT2D eigenvalue weighted by Gasteiger charge is -2.20. The molecule has 3 heteroatoms. The molecule has 2 aromatic carbocycles. The highest BCUT2D eigenvalue weighted by atomic mass is 19.1. The molecule has 1 N–H and O–H groups in total. The van der Waals surface area contributed by atoms with Gasteiger partial charge in [-0.3, -0.25) is 0 Å². The molecule has 1 aliphatic heterocycles. The highest BCUT2D eigenvalue weighted by molar-refractivity contribution is 5.38. The van der Waals surface area contributed by atoms with Gasteiger partial charge < -0.3 is 10.1 Å². The number of rotatable bonds is 5. The number of nitrogens with one attached hydrogen (secondary N) is 1. The molecule has 0 bridgehead atoms. The third-order valence-corrected chi connectivity index (χ3v) is 3.97. The van der Waals surface area contributed by atoms with Crippen molar-refractivity contribution >= 4 is 0 Å². The number of benzene rings is 2. The van der Waals surface area contributed by atoms with E-state index in [9.17, 15) is 4.39 Å². The summed E-state index contributed by atoms with van der Waals surface area (Å²) in [5.41, 5.74) is 2.26. The molecule has 2 aromatic rings. The van der Waals surface area contributed by atoms with Gasteiger partial charge in [-0.05, 0) is 30.2 Å². The van der Waals surface area contributed by atoms with Gasteiger partial charge in [0.05, 0.1) is 0 Å². The molecule has 3 rings (SSSR count). The summed E-state index contributed by atoms with van der Waals surface area (Å²) in [6.07, 6.45) is 1.88. The van der Waals surface area contributed by atoms with Gasteiger partial charge >= 0.3 is 0 Å². The fourth-order valence-corrected chi connectivity index (χ4v) is 2.86. The molecule has 21 heavy (non-hydrogen) atoms. The van der Waals surface area contributed by atoms with Crippen LogP contribution in [0.3, 0.4) is 0 Å². The second-order valence-electron chi connectivity index (χ2n) is 5.48. The first-order valence-electron chi connectivity index (χ1n) is 7.49. The first-order valence-corrected chi connectivity index (χ1v) is 7.49. The first kappa shape index (κ1) is 14.1. The Kier molecular flexibility index (Phi) is 4.20. The van der Waals surface area contributed by atoms with Crippen LogP contribution < -0.4 is 10.1 Å². The van der Waals surface area contributed by atoms with Crippen molar-refractivity contribution in [1.29, 1.82) is 0 Å². The maximum atomic E-state index is 13.2. The zero-order chi connectivity index (χ0) is 14.7. The second-order valence-corrected chi connectivity index (χ2v) is 5.48. The molecule has 0 saturated heterocycles. The van der Waals surface area contributed by atoms with Crippen LogP contribution >= 0.6 is 0 Å². The maximum absolute atomic E-state index is 13.2. The zero-order valence-corrected chi connectivity index (χ0v) is 12.2. The standard InChI is InChI=1S/C18H20FNO/c1-2-17(13-6-4-3-5-7-13)20-12-16-11-14-10-15(19)8-9-18(14)21-16/h3-10,16-17,20H,2,11-12H2,1H3. The summed E-state index contributed by atoms with van der Waals surface area (Å²) in [5.74, 6) is 0.623. The zero-order valence-electron chi connectivity index (χ0n) is 12.2. The molecule has 0 saturated carbocycles. The molecular weight excluding hydrogens is 265 g/mol. The molecule has 0 fully saturated rings. The summed E-state index contributed by atoms with van der Waals surface area (Å²) in [6.45, 7) is 2.94. The van der Waals surface area contributed by atoms with Gasteiger partial charge in [-0.1, -0.05) is 37.3 Å². The summed E-state index contributed by atoms with van der Waals surface area (Å²) >= 11 is 0. The van der Waals surface area contributed by atoms with Gasteiger partial charge in [0, 0.05) is 24.6 Å². The fraction of sp³-hybridized carbons (Fsp3) is 0.333. The minimum atomic E-state index is -0.193. The second kappa shape index (κ2) is 6.27. The van der Waals surface area contributed by atoms with Crippen LogP contribution in [0.1, 0.15) is 30.5 Å². The maximum Gasteiger partial charge on any atom is 0.123 e. The van der Waals surface area contributed by atoms with Crippen LogP contribution in [0.25, 0.3) is 0 Å². The third-order valence-electron chi connectivity index (χ3n) is 3.97. The highest BCUT2D eigenvalue weighted by Crippen LogP contribution is 2.29. The van der Waals surface area contributed by atoms with Crippen molar-refractivity contribution in [1.82, 2.24) is 5.32 Å². The van der Waals surface area contributed by atoms with Gasteiger partial charge in [-0.15, -0.1) is 0 Å². The smallest absolute Gasteiger partial charge is 0.123 e. The van der Waals surface area contributed by atoms with E-state index in [1.807, 2.05) is 6.07 Å². The van der Waals surface area contributed by atoms with Crippen molar-refractivity contribution in [2.75, 3.05) is 6.54 Å². The average molecular weight is 285 g/mol. The van der Waals surface area contributed by atoms with Gasteiger partial charge in [-0.2, -0.15) is 0 Å². The van der Waals surface area contributed by atoms with E-state index in [2.05, 4.69) is 36.5 Å². The minimum Gasteiger partial charge on any atom is -0.488 e. The summed E-state index contributed by atoms with van der Waals surface area (Å²) in [4.78, 5) is 0. The SMILES string of the molecule is CCC(NCC1Cc2cc(F)ccc2O1)c1ccccc1. The molecule has 1 aliphatic rings. The van der Waals surface area contributed by atoms with Crippen molar-refractivity contribution in [2.45, 2.75) is 31.9 Å². The van der Waals surface area contributed by atoms with Crippen LogP contribution in [-0.4, -0.2) is 12.6 Å². The Bertz CT molecular complexity index is 599. The number of hydrogen-bond donors (Lipinski definition) is 1. The van der Waals surface area contributed by atoms with Crippen LogP contribution in [0.5, 0.6) is 5.75 Å². The molecule has 0 aromatic heterocycles. The van der Waals surface area contributed by atoms with Gasteiger partial charge in [0.25, 0.3) is 0 Å². The lowest BCUT2D eigenvalue weighted by atomic mass is 10.0. The van der Waals surface area contributed by atoms with Crippen molar-refractivity contribution < 1.29 is 9.13 Å². The lowest BCUT2D eigenvalue weighted by molar-refractivity contribution is 0.220. The number of hydrogen-bond acceptors (Lipinski definition) is 2. The van der Waals surface area contributed by atoms with E-state index in [1.54, 1.807) is 12.1 Å². The predicted octanol–water partition coefficient (Wildman–Crippen LogP) is 3.87. The molecule has 2 nitrogen and oxygen atoms in total. The third kappa shape index (κ3) is 3.24. The molecule has 0 spiro atoms. The van der Waals surface area contributed by atoms with Crippen LogP contribution in [0.2, 0.25) is 0 Å². The number of fused-ring (bicyclic) bond motifs is 1. The molecule has 1 heterocycles. The normalized spacial score (nSPS) is 18.1. The van der Waals surface area contributed by atoms with E-state index in [-0.39, 0.29) is 11.9 Å². The molecule has 2 unspecified atom stereocenters. The molecule has 2 atom stereocenters. The van der Waals surface area contributed by atoms with Crippen molar-refractivity contribution in [3.8, 4) is 5.75 Å². The molecule has 0 aliphatic carbocycles. The van der Waals surface area contributed by atoms with Crippen LogP contribution in [0.4, 0.5) is 4.39 Å². The lowest BCUT2D eigenvalue weighted by Crippen LogP contribution is -2.32. The summed E-state index contributed by atoms with van der Waals surface area (Å²) in [5, 5.41) is 3.56. The summed E-state index contributed by atoms with van der Waals surface area (Å²) < 4.78 is 19.1. The minimum absolute atomic E-state index is 0.0829. The largest absolute Gasteiger partial charge is 0.488 e. The Hall–Kier alpha value is -1.87. The van der Waals surface area contributed by atoms with Crippen molar-refractivity contribution in [2.24, 2.45) is 0 Å². The Balaban J connectivity index is 1.59. The van der Waals surface area contributed by atoms with Crippen LogP contribution in [-0.2, 0) is 6.42 Å². The van der Waals surface area contributed by atoms with Crippen molar-refractivity contribution in [3.05, 3.63) is 65.5 Å². The fourth-order valence-electron chi connectivity index (χ4n) is 2.86. The molecular formula is C18H20FNO. The van der Waals surface area contributed by atoms with Gasteiger partial charge in [0.15, 0.2) is 0 Å². The molecule has 0 amide bonds. The van der Waals surface area contributed by atoms with Crippen molar-refractivity contribution in [3.63, 3.8) is 0 Å². The quantitative estimate of drug-likeness (QED) is 0.900. The number of halogens is 1. The van der Waals surface area contributed by atoms with Crippen LogP contribution in [0.15, 0.2) is 48.5 Å². The van der Waals surface area contributed by atoms with E-state index >= 15 is 0 Å². The van der Waals surface area contributed by atoms with E-state index in [0.29, 0.717) is 6.04 Å². The molecule has 0 radical (unpaired) electrons. The van der Waals surface area contributed by atoms with E-state index < -0.39 is 0 Å². The van der Waals surface area contributed by atoms with E-state index in [1.165, 1.54) is 11.6 Å².